The van der Waals surface area contributed by atoms with E-state index in [2.05, 4.69) is 10.6 Å². The van der Waals surface area contributed by atoms with Gasteiger partial charge in [0, 0.05) is 46.4 Å². The van der Waals surface area contributed by atoms with Crippen molar-refractivity contribution in [3.05, 3.63) is 79.0 Å². The average Bonchev–Trinajstić information content (AvgIpc) is 3.55. The molecule has 2 aromatic heterocycles. The topological polar surface area (TPSA) is 92.4 Å². The fourth-order valence-corrected chi connectivity index (χ4v) is 3.40. The van der Waals surface area contributed by atoms with E-state index in [0.29, 0.717) is 23.1 Å². The van der Waals surface area contributed by atoms with Crippen LogP contribution in [0.1, 0.15) is 10.6 Å². The Morgan fingerprint density at radius 2 is 1.46 bits per heavy atom. The number of ether oxygens (including phenoxy) is 2. The molecule has 182 valence electrons. The van der Waals surface area contributed by atoms with Crippen molar-refractivity contribution in [2.75, 3.05) is 55.4 Å². The first-order chi connectivity index (χ1) is 16.9. The van der Waals surface area contributed by atoms with Gasteiger partial charge in [0.1, 0.15) is 11.5 Å². The number of furan rings is 2. The van der Waals surface area contributed by atoms with E-state index in [4.69, 9.17) is 18.3 Å². The van der Waals surface area contributed by atoms with E-state index in [9.17, 15) is 4.79 Å². The number of nitrogens with one attached hydrogen (secondary N) is 2. The van der Waals surface area contributed by atoms with Crippen molar-refractivity contribution in [2.24, 2.45) is 0 Å². The first-order valence-electron chi connectivity index (χ1n) is 11.0. The number of nitrogens with zero attached hydrogens (tertiary/aromatic N) is 2. The average molecular weight is 477 g/mol. The van der Waals surface area contributed by atoms with Crippen LogP contribution in [0.2, 0.25) is 0 Å². The van der Waals surface area contributed by atoms with Gasteiger partial charge in [-0.25, -0.2) is 0 Å². The maximum atomic E-state index is 12.4. The second kappa shape index (κ2) is 10.6. The smallest absolute Gasteiger partial charge is 0.291 e. The minimum atomic E-state index is -0.318. The van der Waals surface area contributed by atoms with Crippen LogP contribution in [-0.4, -0.2) is 40.8 Å². The van der Waals surface area contributed by atoms with E-state index in [1.54, 1.807) is 36.6 Å². The summed E-state index contributed by atoms with van der Waals surface area (Å²) in [6.07, 6.45) is 3.03. The molecule has 35 heavy (non-hydrogen) atoms. The molecule has 0 saturated carbocycles. The Hall–Kier alpha value is -4.53. The lowest BCUT2D eigenvalue weighted by molar-refractivity contribution is 0.0996. The molecule has 0 unspecified atom stereocenters. The summed E-state index contributed by atoms with van der Waals surface area (Å²) in [6, 6.07) is 18.1. The molecular formula is C26H28N4O5. The van der Waals surface area contributed by atoms with Crippen molar-refractivity contribution in [3.8, 4) is 17.4 Å². The highest BCUT2D eigenvalue weighted by molar-refractivity contribution is 6.04. The number of hydrogen-bond donors (Lipinski definition) is 2. The summed E-state index contributed by atoms with van der Waals surface area (Å²) >= 11 is 0. The van der Waals surface area contributed by atoms with Crippen LogP contribution in [0.5, 0.6) is 17.4 Å². The molecule has 2 heterocycles. The van der Waals surface area contributed by atoms with Gasteiger partial charge in [-0.3, -0.25) is 4.79 Å². The van der Waals surface area contributed by atoms with Gasteiger partial charge >= 0.3 is 0 Å². The molecule has 0 aliphatic heterocycles. The molecule has 2 N–H and O–H groups in total. The van der Waals surface area contributed by atoms with Crippen LogP contribution in [-0.2, 0) is 0 Å². The molecule has 4 aromatic rings. The number of carbonyl (C=O) groups is 1. The zero-order chi connectivity index (χ0) is 24.8. The van der Waals surface area contributed by atoms with Gasteiger partial charge in [-0.15, -0.1) is 0 Å². The van der Waals surface area contributed by atoms with Crippen LogP contribution in [0.4, 0.5) is 22.7 Å². The Morgan fingerprint density at radius 1 is 0.829 bits per heavy atom. The first-order valence-corrected chi connectivity index (χ1v) is 11.0. The quantitative estimate of drug-likeness (QED) is 0.290. The highest BCUT2D eigenvalue weighted by atomic mass is 16.6. The van der Waals surface area contributed by atoms with Crippen LogP contribution < -0.4 is 29.9 Å². The third-order valence-electron chi connectivity index (χ3n) is 5.10. The predicted molar refractivity (Wildman–Crippen MR) is 136 cm³/mol. The minimum Gasteiger partial charge on any atom is -0.459 e. The number of amides is 1. The lowest BCUT2D eigenvalue weighted by Gasteiger charge is -2.21. The molecule has 2 aromatic carbocycles. The lowest BCUT2D eigenvalue weighted by atomic mass is 10.2. The summed E-state index contributed by atoms with van der Waals surface area (Å²) in [6.45, 7) is 0.256. The lowest BCUT2D eigenvalue weighted by Crippen LogP contribution is -2.16. The van der Waals surface area contributed by atoms with Gasteiger partial charge in [0.25, 0.3) is 11.9 Å². The molecule has 0 spiro atoms. The van der Waals surface area contributed by atoms with E-state index < -0.39 is 0 Å². The zero-order valence-corrected chi connectivity index (χ0v) is 20.1. The summed E-state index contributed by atoms with van der Waals surface area (Å²) in [7, 11) is 7.71. The van der Waals surface area contributed by atoms with Crippen LogP contribution in [0.25, 0.3) is 0 Å². The third kappa shape index (κ3) is 5.89. The van der Waals surface area contributed by atoms with Crippen molar-refractivity contribution in [3.63, 3.8) is 0 Å². The third-order valence-corrected chi connectivity index (χ3v) is 5.10. The Morgan fingerprint density at radius 3 is 2.06 bits per heavy atom. The van der Waals surface area contributed by atoms with E-state index in [1.807, 2.05) is 68.3 Å². The number of benzene rings is 2. The van der Waals surface area contributed by atoms with Gasteiger partial charge in [-0.1, -0.05) is 0 Å². The van der Waals surface area contributed by atoms with Crippen molar-refractivity contribution in [1.29, 1.82) is 0 Å². The maximum Gasteiger partial charge on any atom is 0.291 e. The summed E-state index contributed by atoms with van der Waals surface area (Å²) in [4.78, 5) is 16.3. The molecular weight excluding hydrogens is 448 g/mol. The Labute approximate surface area is 203 Å². The highest BCUT2D eigenvalue weighted by Gasteiger charge is 2.14. The summed E-state index contributed by atoms with van der Waals surface area (Å²) in [5.41, 5.74) is 3.26. The van der Waals surface area contributed by atoms with Gasteiger partial charge in [0.2, 0.25) is 0 Å². The summed E-state index contributed by atoms with van der Waals surface area (Å²) in [5.74, 6) is 1.68. The highest BCUT2D eigenvalue weighted by Crippen LogP contribution is 2.35. The molecule has 0 atom stereocenters. The fourth-order valence-electron chi connectivity index (χ4n) is 3.40. The number of hydrogen-bond acceptors (Lipinski definition) is 8. The fraction of sp³-hybridized carbons (Fsp3) is 0.192. The van der Waals surface area contributed by atoms with E-state index in [-0.39, 0.29) is 18.4 Å². The minimum absolute atomic E-state index is 0.245. The van der Waals surface area contributed by atoms with Crippen molar-refractivity contribution < 1.29 is 23.1 Å². The van der Waals surface area contributed by atoms with E-state index in [0.717, 1.165) is 17.1 Å². The van der Waals surface area contributed by atoms with Crippen molar-refractivity contribution in [2.45, 2.75) is 0 Å². The van der Waals surface area contributed by atoms with Gasteiger partial charge in [0.15, 0.2) is 12.5 Å². The normalized spacial score (nSPS) is 10.5. The molecule has 0 radical (unpaired) electrons. The zero-order valence-electron chi connectivity index (χ0n) is 20.1. The number of carbonyl (C=O) groups excluding carboxylic acids is 1. The Balaban J connectivity index is 1.48. The SMILES string of the molecule is CN(C)c1cc(Oc2ccc(NC(=O)c3ccco3)c(N(C)C)c2)ccc1NCOc1ccco1. The summed E-state index contributed by atoms with van der Waals surface area (Å²) < 4.78 is 22.1. The standard InChI is InChI=1S/C26H28N4O5/c1-29(2)22-15-18(9-11-20(22)27-17-34-25-8-6-14-33-25)35-19-10-12-21(23(16-19)30(3)4)28-26(31)24-7-5-13-32-24/h5-16,27H,17H2,1-4H3,(H,28,31). The molecule has 0 aliphatic rings. The van der Waals surface area contributed by atoms with Gasteiger partial charge in [-0.05, 0) is 42.5 Å². The molecule has 9 nitrogen and oxygen atoms in total. The van der Waals surface area contributed by atoms with E-state index in [1.165, 1.54) is 6.26 Å². The molecule has 1 amide bonds. The molecule has 4 rings (SSSR count). The number of anilines is 4. The second-order valence-corrected chi connectivity index (χ2v) is 8.08. The van der Waals surface area contributed by atoms with Gasteiger partial charge in [-0.2, -0.15) is 0 Å². The largest absolute Gasteiger partial charge is 0.459 e. The van der Waals surface area contributed by atoms with Gasteiger partial charge < -0.3 is 38.7 Å². The molecule has 0 aliphatic carbocycles. The number of rotatable bonds is 10. The van der Waals surface area contributed by atoms with Gasteiger partial charge in [0.05, 0.1) is 35.3 Å². The van der Waals surface area contributed by atoms with Crippen LogP contribution in [0.3, 0.4) is 0 Å². The van der Waals surface area contributed by atoms with Crippen molar-refractivity contribution in [1.82, 2.24) is 0 Å². The predicted octanol–water partition coefficient (Wildman–Crippen LogP) is 5.50. The second-order valence-electron chi connectivity index (χ2n) is 8.08. The molecule has 0 fully saturated rings. The van der Waals surface area contributed by atoms with E-state index >= 15 is 0 Å². The Bertz CT molecular complexity index is 1250. The maximum absolute atomic E-state index is 12.4. The summed E-state index contributed by atoms with van der Waals surface area (Å²) in [5, 5.41) is 6.13. The van der Waals surface area contributed by atoms with Crippen LogP contribution in [0.15, 0.2) is 82.0 Å². The molecule has 0 bridgehead atoms. The van der Waals surface area contributed by atoms with Crippen molar-refractivity contribution >= 4 is 28.7 Å². The van der Waals surface area contributed by atoms with Crippen LogP contribution in [0, 0.1) is 0 Å². The molecule has 9 heteroatoms. The molecule has 0 saturated heterocycles. The first kappa shape index (κ1) is 23.6. The Kier molecular flexibility index (Phi) is 7.15. The van der Waals surface area contributed by atoms with Crippen LogP contribution >= 0.6 is 0 Å². The monoisotopic (exact) mass is 476 g/mol.